The van der Waals surface area contributed by atoms with Gasteiger partial charge in [-0.2, -0.15) is 0 Å². The molecule has 172 valence electrons. The first kappa shape index (κ1) is 22.9. The second-order valence-electron chi connectivity index (χ2n) is 8.79. The molecule has 2 heterocycles. The molecular weight excluding hydrogens is 424 g/mol. The Balaban J connectivity index is 1.37. The second kappa shape index (κ2) is 9.70. The van der Waals surface area contributed by atoms with Crippen molar-refractivity contribution in [3.05, 3.63) is 59.2 Å². The Bertz CT molecular complexity index is 1060. The zero-order valence-electron chi connectivity index (χ0n) is 18.9. The summed E-state index contributed by atoms with van der Waals surface area (Å²) in [7, 11) is -1.48. The van der Waals surface area contributed by atoms with Crippen molar-refractivity contribution in [2.75, 3.05) is 44.7 Å². The first-order valence-electron chi connectivity index (χ1n) is 11.2. The van der Waals surface area contributed by atoms with Crippen LogP contribution >= 0.6 is 0 Å². The number of benzene rings is 2. The van der Waals surface area contributed by atoms with Crippen LogP contribution in [0.2, 0.25) is 0 Å². The summed E-state index contributed by atoms with van der Waals surface area (Å²) in [6, 6.07) is 13.2. The molecule has 4 rings (SSSR count). The highest BCUT2D eigenvalue weighted by Crippen LogP contribution is 2.29. The van der Waals surface area contributed by atoms with Gasteiger partial charge in [-0.3, -0.25) is 9.69 Å². The van der Waals surface area contributed by atoms with Gasteiger partial charge in [0.1, 0.15) is 0 Å². The largest absolute Gasteiger partial charge is 0.312 e. The summed E-state index contributed by atoms with van der Waals surface area (Å²) in [6.45, 7) is 7.71. The van der Waals surface area contributed by atoms with Gasteiger partial charge in [-0.15, -0.1) is 0 Å². The van der Waals surface area contributed by atoms with Crippen LogP contribution in [-0.2, 0) is 34.3 Å². The van der Waals surface area contributed by atoms with E-state index in [9.17, 15) is 13.2 Å². The van der Waals surface area contributed by atoms with Crippen LogP contribution < -0.4 is 9.62 Å². The van der Waals surface area contributed by atoms with Crippen molar-refractivity contribution in [1.82, 2.24) is 14.5 Å². The summed E-state index contributed by atoms with van der Waals surface area (Å²) in [5, 5.41) is 0. The van der Waals surface area contributed by atoms with Crippen LogP contribution in [0.15, 0.2) is 47.4 Å². The van der Waals surface area contributed by atoms with E-state index in [2.05, 4.69) is 33.7 Å². The summed E-state index contributed by atoms with van der Waals surface area (Å²) < 4.78 is 28.4. The lowest BCUT2D eigenvalue weighted by Gasteiger charge is -2.32. The van der Waals surface area contributed by atoms with E-state index in [1.165, 1.54) is 12.5 Å². The third kappa shape index (κ3) is 5.38. The van der Waals surface area contributed by atoms with E-state index in [1.54, 1.807) is 23.1 Å². The molecule has 2 aliphatic heterocycles. The predicted octanol–water partition coefficient (Wildman–Crippen LogP) is 2.21. The van der Waals surface area contributed by atoms with Crippen molar-refractivity contribution < 1.29 is 13.2 Å². The maximum absolute atomic E-state index is 12.9. The highest BCUT2D eigenvalue weighted by Gasteiger charge is 2.23. The standard InChI is InChI=1S/C24H32N4O3S/c1-19(29)28-11-3-4-22-16-23(9-10-24(22)28)32(30,31)25-17-20-5-7-21(8-6-20)18-27-14-12-26(2)13-15-27/h5-10,16,25H,3-4,11-15,17-18H2,1-2H3. The average Bonchev–Trinajstić information content (AvgIpc) is 2.79. The number of aryl methyl sites for hydroxylation is 1. The number of hydrogen-bond acceptors (Lipinski definition) is 5. The minimum atomic E-state index is -3.63. The van der Waals surface area contributed by atoms with Crippen molar-refractivity contribution in [3.8, 4) is 0 Å². The van der Waals surface area contributed by atoms with Crippen molar-refractivity contribution in [1.29, 1.82) is 0 Å². The highest BCUT2D eigenvalue weighted by molar-refractivity contribution is 7.89. The summed E-state index contributed by atoms with van der Waals surface area (Å²) in [5.74, 6) is -0.0178. The van der Waals surface area contributed by atoms with Crippen molar-refractivity contribution >= 4 is 21.6 Å². The molecule has 1 amide bonds. The van der Waals surface area contributed by atoms with Crippen LogP contribution in [0.3, 0.4) is 0 Å². The molecule has 0 aliphatic carbocycles. The van der Waals surface area contributed by atoms with E-state index in [-0.39, 0.29) is 17.3 Å². The van der Waals surface area contributed by atoms with Crippen molar-refractivity contribution in [3.63, 3.8) is 0 Å². The first-order valence-corrected chi connectivity index (χ1v) is 12.7. The molecule has 2 aromatic rings. The van der Waals surface area contributed by atoms with Gasteiger partial charge in [0.15, 0.2) is 0 Å². The monoisotopic (exact) mass is 456 g/mol. The number of hydrogen-bond donors (Lipinski definition) is 1. The van der Waals surface area contributed by atoms with Gasteiger partial charge in [0.25, 0.3) is 0 Å². The summed E-state index contributed by atoms with van der Waals surface area (Å²) in [5.41, 5.74) is 3.89. The minimum Gasteiger partial charge on any atom is -0.312 e. The highest BCUT2D eigenvalue weighted by atomic mass is 32.2. The van der Waals surface area contributed by atoms with Crippen LogP contribution in [-0.4, -0.2) is 63.9 Å². The number of amides is 1. The molecule has 2 aromatic carbocycles. The Hall–Kier alpha value is -2.26. The third-order valence-corrected chi connectivity index (χ3v) is 7.75. The third-order valence-electron chi connectivity index (χ3n) is 6.35. The molecule has 8 heteroatoms. The molecule has 2 aliphatic rings. The molecule has 0 atom stereocenters. The lowest BCUT2D eigenvalue weighted by atomic mass is 10.0. The Morgan fingerprint density at radius 2 is 1.66 bits per heavy atom. The Kier molecular flexibility index (Phi) is 6.95. The Morgan fingerprint density at radius 3 is 2.34 bits per heavy atom. The zero-order chi connectivity index (χ0) is 22.7. The van der Waals surface area contributed by atoms with E-state index in [0.29, 0.717) is 6.54 Å². The van der Waals surface area contributed by atoms with E-state index >= 15 is 0 Å². The molecule has 0 aromatic heterocycles. The molecular formula is C24H32N4O3S. The summed E-state index contributed by atoms with van der Waals surface area (Å²) >= 11 is 0. The number of likely N-dealkylation sites (N-methyl/N-ethyl adjacent to an activating group) is 1. The van der Waals surface area contributed by atoms with Crippen LogP contribution in [0.25, 0.3) is 0 Å². The second-order valence-corrected chi connectivity index (χ2v) is 10.6. The number of nitrogens with one attached hydrogen (secondary N) is 1. The zero-order valence-corrected chi connectivity index (χ0v) is 19.7. The first-order chi connectivity index (χ1) is 15.3. The number of fused-ring (bicyclic) bond motifs is 1. The SMILES string of the molecule is CC(=O)N1CCCc2cc(S(=O)(=O)NCc3ccc(CN4CCN(C)CC4)cc3)ccc21. The van der Waals surface area contributed by atoms with Gasteiger partial charge in [-0.05, 0) is 54.8 Å². The number of piperazine rings is 1. The minimum absolute atomic E-state index is 0.0178. The van der Waals surface area contributed by atoms with E-state index in [4.69, 9.17) is 0 Å². The average molecular weight is 457 g/mol. The van der Waals surface area contributed by atoms with Gasteiger partial charge in [-0.25, -0.2) is 13.1 Å². The molecule has 0 saturated carbocycles. The van der Waals surface area contributed by atoms with Crippen molar-refractivity contribution in [2.24, 2.45) is 0 Å². The van der Waals surface area contributed by atoms with Crippen LogP contribution in [0.5, 0.6) is 0 Å². The molecule has 0 bridgehead atoms. The number of carbonyl (C=O) groups excluding carboxylic acids is 1. The van der Waals surface area contributed by atoms with Gasteiger partial charge in [0.05, 0.1) is 4.90 Å². The topological polar surface area (TPSA) is 73.0 Å². The summed E-state index contributed by atoms with van der Waals surface area (Å²) in [4.78, 5) is 18.6. The fourth-order valence-corrected chi connectivity index (χ4v) is 5.42. The molecule has 0 unspecified atom stereocenters. The van der Waals surface area contributed by atoms with E-state index < -0.39 is 10.0 Å². The predicted molar refractivity (Wildman–Crippen MR) is 126 cm³/mol. The number of anilines is 1. The molecule has 1 fully saturated rings. The van der Waals surface area contributed by atoms with E-state index in [1.807, 2.05) is 12.1 Å². The lowest BCUT2D eigenvalue weighted by Crippen LogP contribution is -2.43. The fraction of sp³-hybridized carbons (Fsp3) is 0.458. The van der Waals surface area contributed by atoms with Crippen LogP contribution in [0, 0.1) is 0 Å². The Morgan fingerprint density at radius 1 is 0.969 bits per heavy atom. The van der Waals surface area contributed by atoms with Gasteiger partial charge >= 0.3 is 0 Å². The van der Waals surface area contributed by atoms with Crippen LogP contribution in [0.1, 0.15) is 30.0 Å². The van der Waals surface area contributed by atoms with Gasteiger partial charge in [0.2, 0.25) is 15.9 Å². The molecule has 32 heavy (non-hydrogen) atoms. The number of nitrogens with zero attached hydrogens (tertiary/aromatic N) is 3. The van der Waals surface area contributed by atoms with E-state index in [0.717, 1.165) is 62.4 Å². The van der Waals surface area contributed by atoms with Crippen molar-refractivity contribution in [2.45, 2.75) is 37.8 Å². The van der Waals surface area contributed by atoms with Crippen LogP contribution in [0.4, 0.5) is 5.69 Å². The normalized spacial score (nSPS) is 17.9. The number of rotatable bonds is 6. The molecule has 1 saturated heterocycles. The van der Waals surface area contributed by atoms with Gasteiger partial charge in [-0.1, -0.05) is 24.3 Å². The van der Waals surface area contributed by atoms with Gasteiger partial charge in [0, 0.05) is 58.4 Å². The molecule has 0 radical (unpaired) electrons. The molecule has 0 spiro atoms. The fourth-order valence-electron chi connectivity index (χ4n) is 4.36. The van der Waals surface area contributed by atoms with Gasteiger partial charge < -0.3 is 9.80 Å². The Labute approximate surface area is 191 Å². The number of carbonyl (C=O) groups is 1. The lowest BCUT2D eigenvalue weighted by molar-refractivity contribution is -0.116. The molecule has 1 N–H and O–H groups in total. The number of sulfonamides is 1. The molecule has 7 nitrogen and oxygen atoms in total. The maximum Gasteiger partial charge on any atom is 0.240 e. The summed E-state index contributed by atoms with van der Waals surface area (Å²) in [6.07, 6.45) is 1.61. The smallest absolute Gasteiger partial charge is 0.240 e. The quantitative estimate of drug-likeness (QED) is 0.722. The maximum atomic E-state index is 12.9.